The minimum Gasteiger partial charge on any atom is -0.434 e. The second-order valence-corrected chi connectivity index (χ2v) is 4.24. The van der Waals surface area contributed by atoms with Crippen LogP contribution in [0.5, 0.6) is 5.75 Å². The Morgan fingerprint density at radius 3 is 2.81 bits per heavy atom. The van der Waals surface area contributed by atoms with Crippen LogP contribution in [0.4, 0.5) is 8.78 Å². The van der Waals surface area contributed by atoms with Gasteiger partial charge < -0.3 is 15.4 Å². The lowest BCUT2D eigenvalue weighted by Crippen LogP contribution is -2.37. The van der Waals surface area contributed by atoms with Gasteiger partial charge in [0.15, 0.2) is 5.96 Å². The van der Waals surface area contributed by atoms with Gasteiger partial charge in [-0.25, -0.2) is 4.99 Å². The third-order valence-corrected chi connectivity index (χ3v) is 2.54. The van der Waals surface area contributed by atoms with Gasteiger partial charge in [-0.2, -0.15) is 8.78 Å². The molecule has 0 aliphatic carbocycles. The Bertz CT molecular complexity index is 524. The number of rotatable bonds is 6. The number of ether oxygens (including phenoxy) is 1. The van der Waals surface area contributed by atoms with Crippen LogP contribution in [0.25, 0.3) is 0 Å². The number of hydrogen-bond acceptors (Lipinski definition) is 2. The third-order valence-electron chi connectivity index (χ3n) is 2.54. The number of terminal acetylenes is 1. The molecule has 0 saturated carbocycles. The predicted octanol–water partition coefficient (Wildman–Crippen LogP) is 2.28. The number of nitrogens with zero attached hydrogens (tertiary/aromatic N) is 1. The molecule has 0 atom stereocenters. The van der Waals surface area contributed by atoms with Gasteiger partial charge in [0.25, 0.3) is 0 Å². The Morgan fingerprint density at radius 1 is 1.43 bits per heavy atom. The van der Waals surface area contributed by atoms with E-state index in [0.717, 1.165) is 5.56 Å². The van der Waals surface area contributed by atoms with Gasteiger partial charge in [0.05, 0.1) is 13.1 Å². The van der Waals surface area contributed by atoms with Crippen LogP contribution in [0.1, 0.15) is 18.1 Å². The first-order chi connectivity index (χ1) is 10.1. The first-order valence-electron chi connectivity index (χ1n) is 6.56. The fraction of sp³-hybridized carbons (Fsp3) is 0.400. The van der Waals surface area contributed by atoms with Crippen LogP contribution in [0.15, 0.2) is 23.2 Å². The summed E-state index contributed by atoms with van der Waals surface area (Å²) in [5.74, 6) is 3.10. The highest BCUT2D eigenvalue weighted by molar-refractivity contribution is 5.80. The van der Waals surface area contributed by atoms with Crippen LogP contribution in [-0.2, 0) is 6.54 Å². The van der Waals surface area contributed by atoms with E-state index in [9.17, 15) is 8.78 Å². The second kappa shape index (κ2) is 8.80. The van der Waals surface area contributed by atoms with Gasteiger partial charge in [0, 0.05) is 12.1 Å². The van der Waals surface area contributed by atoms with Crippen molar-refractivity contribution in [3.8, 4) is 18.1 Å². The van der Waals surface area contributed by atoms with Crippen molar-refractivity contribution in [3.05, 3.63) is 29.3 Å². The Balaban J connectivity index is 2.88. The lowest BCUT2D eigenvalue weighted by atomic mass is 10.1. The molecule has 0 amide bonds. The molecular weight excluding hydrogens is 276 g/mol. The van der Waals surface area contributed by atoms with Crippen LogP contribution >= 0.6 is 0 Å². The molecule has 0 aliphatic rings. The summed E-state index contributed by atoms with van der Waals surface area (Å²) in [6.07, 6.45) is 5.18. The fourth-order valence-corrected chi connectivity index (χ4v) is 1.68. The molecule has 6 heteroatoms. The average molecular weight is 295 g/mol. The van der Waals surface area contributed by atoms with E-state index in [-0.39, 0.29) is 12.3 Å². The summed E-state index contributed by atoms with van der Waals surface area (Å²) in [5, 5.41) is 5.95. The molecule has 0 spiro atoms. The predicted molar refractivity (Wildman–Crippen MR) is 79.5 cm³/mol. The van der Waals surface area contributed by atoms with Crippen molar-refractivity contribution in [1.82, 2.24) is 10.6 Å². The normalized spacial score (nSPS) is 11.1. The minimum absolute atomic E-state index is 0.132. The van der Waals surface area contributed by atoms with E-state index in [0.29, 0.717) is 24.6 Å². The van der Waals surface area contributed by atoms with Crippen LogP contribution in [0, 0.1) is 19.3 Å². The third kappa shape index (κ3) is 6.13. The topological polar surface area (TPSA) is 45.7 Å². The molecule has 2 N–H and O–H groups in total. The minimum atomic E-state index is -2.86. The molecule has 1 rings (SSSR count). The summed E-state index contributed by atoms with van der Waals surface area (Å²) in [6.45, 7) is 2.16. The fourth-order valence-electron chi connectivity index (χ4n) is 1.68. The van der Waals surface area contributed by atoms with Crippen molar-refractivity contribution in [2.45, 2.75) is 27.0 Å². The van der Waals surface area contributed by atoms with Gasteiger partial charge in [0.1, 0.15) is 5.75 Å². The van der Waals surface area contributed by atoms with Crippen LogP contribution in [0.2, 0.25) is 0 Å². The molecule has 1 aromatic carbocycles. The lowest BCUT2D eigenvalue weighted by molar-refractivity contribution is -0.0504. The lowest BCUT2D eigenvalue weighted by Gasteiger charge is -2.12. The van der Waals surface area contributed by atoms with Gasteiger partial charge >= 0.3 is 6.61 Å². The highest BCUT2D eigenvalue weighted by Crippen LogP contribution is 2.22. The number of halogens is 2. The van der Waals surface area contributed by atoms with Gasteiger partial charge in [-0.05, 0) is 19.9 Å². The van der Waals surface area contributed by atoms with E-state index in [1.54, 1.807) is 12.1 Å². The van der Waals surface area contributed by atoms with Crippen molar-refractivity contribution in [3.63, 3.8) is 0 Å². The average Bonchev–Trinajstić information content (AvgIpc) is 2.44. The summed E-state index contributed by atoms with van der Waals surface area (Å²) in [4.78, 5) is 4.30. The van der Waals surface area contributed by atoms with E-state index >= 15 is 0 Å². The van der Waals surface area contributed by atoms with Crippen molar-refractivity contribution in [2.24, 2.45) is 4.99 Å². The highest BCUT2D eigenvalue weighted by atomic mass is 19.3. The highest BCUT2D eigenvalue weighted by Gasteiger charge is 2.09. The maximum absolute atomic E-state index is 12.4. The van der Waals surface area contributed by atoms with E-state index in [1.807, 2.05) is 13.8 Å². The molecule has 0 aliphatic heterocycles. The quantitative estimate of drug-likeness (QED) is 0.481. The van der Waals surface area contributed by atoms with E-state index in [1.165, 1.54) is 6.07 Å². The van der Waals surface area contributed by atoms with Gasteiger partial charge in [-0.3, -0.25) is 0 Å². The molecule has 1 aromatic rings. The van der Waals surface area contributed by atoms with Gasteiger partial charge in [0.2, 0.25) is 0 Å². The molecule has 114 valence electrons. The maximum Gasteiger partial charge on any atom is 0.387 e. The molecular formula is C15H19F2N3O. The van der Waals surface area contributed by atoms with Crippen molar-refractivity contribution < 1.29 is 13.5 Å². The van der Waals surface area contributed by atoms with E-state index < -0.39 is 6.61 Å². The Morgan fingerprint density at radius 2 is 2.19 bits per heavy atom. The number of hydrogen-bond donors (Lipinski definition) is 2. The molecule has 0 radical (unpaired) electrons. The van der Waals surface area contributed by atoms with E-state index in [4.69, 9.17) is 6.42 Å². The number of guanidine groups is 1. The van der Waals surface area contributed by atoms with Gasteiger partial charge in [-0.15, -0.1) is 6.42 Å². The summed E-state index contributed by atoms with van der Waals surface area (Å²) in [6, 6.07) is 5.01. The number of nitrogens with one attached hydrogen (secondary N) is 2. The summed E-state index contributed by atoms with van der Waals surface area (Å²) in [7, 11) is 0. The number of alkyl halides is 2. The molecule has 0 saturated heterocycles. The molecule has 4 nitrogen and oxygen atoms in total. The zero-order valence-corrected chi connectivity index (χ0v) is 12.1. The maximum atomic E-state index is 12.4. The first-order valence-corrected chi connectivity index (χ1v) is 6.56. The first kappa shape index (κ1) is 16.8. The van der Waals surface area contributed by atoms with Crippen LogP contribution < -0.4 is 15.4 Å². The second-order valence-electron chi connectivity index (χ2n) is 4.24. The monoisotopic (exact) mass is 295 g/mol. The van der Waals surface area contributed by atoms with E-state index in [2.05, 4.69) is 26.3 Å². The smallest absolute Gasteiger partial charge is 0.387 e. The summed E-state index contributed by atoms with van der Waals surface area (Å²) in [5.41, 5.74) is 1.54. The number of aryl methyl sites for hydroxylation is 1. The molecule has 0 aromatic heterocycles. The largest absolute Gasteiger partial charge is 0.434 e. The van der Waals surface area contributed by atoms with Crippen molar-refractivity contribution in [2.75, 3.05) is 13.1 Å². The van der Waals surface area contributed by atoms with Crippen LogP contribution in [0.3, 0.4) is 0 Å². The summed E-state index contributed by atoms with van der Waals surface area (Å²) < 4.78 is 29.3. The summed E-state index contributed by atoms with van der Waals surface area (Å²) >= 11 is 0. The molecule has 0 heterocycles. The van der Waals surface area contributed by atoms with Crippen molar-refractivity contribution >= 4 is 5.96 Å². The molecule has 21 heavy (non-hydrogen) atoms. The standard InChI is InChI=1S/C15H19F2N3O/c1-4-8-19-15(18-5-2)20-10-12-9-11(3)6-7-13(12)21-14(16)17/h1,6-7,9,14H,5,8,10H2,2-3H3,(H2,18,19,20). The molecule has 0 unspecified atom stereocenters. The Labute approximate surface area is 123 Å². The van der Waals surface area contributed by atoms with Crippen LogP contribution in [-0.4, -0.2) is 25.7 Å². The zero-order chi connectivity index (χ0) is 15.7. The Kier molecular flexibility index (Phi) is 7.02. The van der Waals surface area contributed by atoms with Crippen molar-refractivity contribution in [1.29, 1.82) is 0 Å². The Hall–Kier alpha value is -2.29. The zero-order valence-electron chi connectivity index (χ0n) is 12.1. The molecule has 0 fully saturated rings. The van der Waals surface area contributed by atoms with Gasteiger partial charge in [-0.1, -0.05) is 23.6 Å². The SMILES string of the molecule is C#CCNC(=NCc1cc(C)ccc1OC(F)F)NCC. The number of aliphatic imine (C=N–C) groups is 1. The number of benzene rings is 1. The molecule has 0 bridgehead atoms.